The molecule has 0 radical (unpaired) electrons. The van der Waals surface area contributed by atoms with E-state index in [0.717, 1.165) is 5.69 Å². The molecule has 4 nitrogen and oxygen atoms in total. The molecule has 0 aliphatic heterocycles. The number of hydrogen-bond donors (Lipinski definition) is 0. The van der Waals surface area contributed by atoms with Gasteiger partial charge in [0.1, 0.15) is 4.83 Å². The van der Waals surface area contributed by atoms with E-state index in [4.69, 9.17) is 0 Å². The Hall–Kier alpha value is -0.840. The van der Waals surface area contributed by atoms with Crippen molar-refractivity contribution in [2.24, 2.45) is 7.05 Å². The Kier molecular flexibility index (Phi) is 3.48. The molecule has 1 rings (SSSR count). The largest absolute Gasteiger partial charge is 0.468 e. The predicted molar refractivity (Wildman–Crippen MR) is 51.6 cm³/mol. The third kappa shape index (κ3) is 2.84. The van der Waals surface area contributed by atoms with Crippen LogP contribution in [-0.2, 0) is 23.0 Å². The van der Waals surface area contributed by atoms with Crippen molar-refractivity contribution >= 4 is 21.9 Å². The number of hydrogen-bond acceptors (Lipinski definition) is 3. The molecule has 0 spiro atoms. The summed E-state index contributed by atoms with van der Waals surface area (Å²) in [4.78, 5) is 10.7. The Morgan fingerprint density at radius 1 is 1.85 bits per heavy atom. The fraction of sp³-hybridized carbons (Fsp3) is 0.500. The number of carbonyl (C=O) groups is 1. The van der Waals surface area contributed by atoms with Crippen LogP contribution in [0.3, 0.4) is 0 Å². The van der Waals surface area contributed by atoms with Gasteiger partial charge in [-0.25, -0.2) is 0 Å². The molecule has 0 N–H and O–H groups in total. The molecule has 0 saturated heterocycles. The van der Waals surface area contributed by atoms with Gasteiger partial charge in [-0.05, 0) is 6.07 Å². The zero-order valence-corrected chi connectivity index (χ0v) is 9.11. The summed E-state index contributed by atoms with van der Waals surface area (Å²) in [7, 11) is 3.21. The highest BCUT2D eigenvalue weighted by Gasteiger charge is 2.16. The SMILES string of the molecule is COC(=O)C(Br)Cc1ccn(C)n1. The summed E-state index contributed by atoms with van der Waals surface area (Å²) in [6.45, 7) is 0. The second kappa shape index (κ2) is 4.41. The van der Waals surface area contributed by atoms with Crippen LogP contribution in [0.5, 0.6) is 0 Å². The second-order valence-corrected chi connectivity index (χ2v) is 3.78. The smallest absolute Gasteiger partial charge is 0.319 e. The fourth-order valence-electron chi connectivity index (χ4n) is 0.967. The van der Waals surface area contributed by atoms with Crippen molar-refractivity contribution in [3.05, 3.63) is 18.0 Å². The number of methoxy groups -OCH3 is 1. The number of carbonyl (C=O) groups excluding carboxylic acids is 1. The summed E-state index contributed by atoms with van der Waals surface area (Å²) < 4.78 is 6.27. The quantitative estimate of drug-likeness (QED) is 0.588. The van der Waals surface area contributed by atoms with E-state index in [-0.39, 0.29) is 10.8 Å². The standard InChI is InChI=1S/C8H11BrN2O2/c1-11-4-3-6(10-11)5-7(9)8(12)13-2/h3-4,7H,5H2,1-2H3. The van der Waals surface area contributed by atoms with Gasteiger partial charge in [-0.1, -0.05) is 15.9 Å². The molecule has 0 aliphatic carbocycles. The first-order valence-electron chi connectivity index (χ1n) is 3.84. The Morgan fingerprint density at radius 2 is 2.54 bits per heavy atom. The molecule has 0 amide bonds. The molecular weight excluding hydrogens is 236 g/mol. The fourth-order valence-corrected chi connectivity index (χ4v) is 1.49. The first-order valence-corrected chi connectivity index (χ1v) is 4.75. The Balaban J connectivity index is 2.54. The highest BCUT2D eigenvalue weighted by molar-refractivity contribution is 9.10. The van der Waals surface area contributed by atoms with Crippen molar-refractivity contribution in [2.45, 2.75) is 11.2 Å². The first-order chi connectivity index (χ1) is 6.13. The molecule has 1 unspecified atom stereocenters. The normalized spacial score (nSPS) is 12.5. The minimum atomic E-state index is -0.313. The van der Waals surface area contributed by atoms with Crippen molar-refractivity contribution in [1.82, 2.24) is 9.78 Å². The minimum absolute atomic E-state index is 0.273. The molecule has 5 heteroatoms. The number of nitrogens with zero attached hydrogens (tertiary/aromatic N) is 2. The van der Waals surface area contributed by atoms with Crippen LogP contribution in [0.15, 0.2) is 12.3 Å². The summed E-state index contributed by atoms with van der Waals surface area (Å²) >= 11 is 3.23. The van der Waals surface area contributed by atoms with Crippen LogP contribution in [0.1, 0.15) is 5.69 Å². The number of aryl methyl sites for hydroxylation is 1. The van der Waals surface area contributed by atoms with Crippen LogP contribution in [0.4, 0.5) is 0 Å². The lowest BCUT2D eigenvalue weighted by Crippen LogP contribution is -2.18. The number of rotatable bonds is 3. The zero-order chi connectivity index (χ0) is 9.84. The Morgan fingerprint density at radius 3 is 3.00 bits per heavy atom. The summed E-state index contributed by atoms with van der Waals surface area (Å²) in [6.07, 6.45) is 2.39. The van der Waals surface area contributed by atoms with Crippen LogP contribution in [0.2, 0.25) is 0 Å². The van der Waals surface area contributed by atoms with Gasteiger partial charge in [-0.2, -0.15) is 5.10 Å². The van der Waals surface area contributed by atoms with Crippen molar-refractivity contribution in [3.8, 4) is 0 Å². The molecule has 72 valence electrons. The van der Waals surface area contributed by atoms with E-state index in [2.05, 4.69) is 25.8 Å². The van der Waals surface area contributed by atoms with E-state index < -0.39 is 0 Å². The van der Waals surface area contributed by atoms with Crippen molar-refractivity contribution in [2.75, 3.05) is 7.11 Å². The topological polar surface area (TPSA) is 44.1 Å². The molecular formula is C8H11BrN2O2. The second-order valence-electron chi connectivity index (χ2n) is 2.68. The number of esters is 1. The lowest BCUT2D eigenvalue weighted by molar-refractivity contribution is -0.139. The molecule has 1 heterocycles. The number of alkyl halides is 1. The van der Waals surface area contributed by atoms with Gasteiger partial charge in [-0.3, -0.25) is 9.48 Å². The third-order valence-corrected chi connectivity index (χ3v) is 2.31. The van der Waals surface area contributed by atoms with Gasteiger partial charge in [-0.15, -0.1) is 0 Å². The minimum Gasteiger partial charge on any atom is -0.468 e. The maximum atomic E-state index is 11.0. The van der Waals surface area contributed by atoms with E-state index in [0.29, 0.717) is 6.42 Å². The number of ether oxygens (including phenoxy) is 1. The highest BCUT2D eigenvalue weighted by Crippen LogP contribution is 2.09. The molecule has 13 heavy (non-hydrogen) atoms. The van der Waals surface area contributed by atoms with Gasteiger partial charge in [0.25, 0.3) is 0 Å². The molecule has 0 fully saturated rings. The molecule has 0 saturated carbocycles. The molecule has 1 atom stereocenters. The van der Waals surface area contributed by atoms with E-state index in [9.17, 15) is 4.79 Å². The summed E-state index contributed by atoms with van der Waals surface area (Å²) in [5.41, 5.74) is 0.870. The predicted octanol–water partition coefficient (Wildman–Crippen LogP) is 0.899. The molecule has 1 aromatic heterocycles. The number of halogens is 1. The number of aromatic nitrogens is 2. The third-order valence-electron chi connectivity index (χ3n) is 1.61. The van der Waals surface area contributed by atoms with Gasteiger partial charge >= 0.3 is 5.97 Å². The van der Waals surface area contributed by atoms with Gasteiger partial charge < -0.3 is 4.74 Å². The molecule has 0 aliphatic rings. The summed E-state index contributed by atoms with van der Waals surface area (Å²) in [5.74, 6) is -0.273. The van der Waals surface area contributed by atoms with Crippen molar-refractivity contribution < 1.29 is 9.53 Å². The van der Waals surface area contributed by atoms with E-state index in [1.807, 2.05) is 19.3 Å². The first kappa shape index (κ1) is 10.2. The lowest BCUT2D eigenvalue weighted by atomic mass is 10.2. The van der Waals surface area contributed by atoms with Crippen molar-refractivity contribution in [3.63, 3.8) is 0 Å². The van der Waals surface area contributed by atoms with Gasteiger partial charge in [0.05, 0.1) is 12.8 Å². The van der Waals surface area contributed by atoms with E-state index in [1.165, 1.54) is 7.11 Å². The van der Waals surface area contributed by atoms with Gasteiger partial charge in [0.2, 0.25) is 0 Å². The average Bonchev–Trinajstić information content (AvgIpc) is 2.49. The lowest BCUT2D eigenvalue weighted by Gasteiger charge is -2.04. The maximum absolute atomic E-state index is 11.0. The van der Waals surface area contributed by atoms with E-state index in [1.54, 1.807) is 4.68 Å². The molecule has 1 aromatic rings. The summed E-state index contributed by atoms with van der Waals surface area (Å²) in [6, 6.07) is 1.87. The highest BCUT2D eigenvalue weighted by atomic mass is 79.9. The monoisotopic (exact) mass is 246 g/mol. The molecule has 0 bridgehead atoms. The van der Waals surface area contributed by atoms with Crippen LogP contribution < -0.4 is 0 Å². The van der Waals surface area contributed by atoms with E-state index >= 15 is 0 Å². The summed E-state index contributed by atoms with van der Waals surface area (Å²) in [5, 5.41) is 4.15. The average molecular weight is 247 g/mol. The Bertz CT molecular complexity index is 298. The van der Waals surface area contributed by atoms with Crippen LogP contribution >= 0.6 is 15.9 Å². The van der Waals surface area contributed by atoms with Gasteiger partial charge in [0, 0.05) is 19.7 Å². The van der Waals surface area contributed by atoms with Crippen LogP contribution in [0.25, 0.3) is 0 Å². The Labute approximate surface area is 85.0 Å². The van der Waals surface area contributed by atoms with Crippen LogP contribution in [0, 0.1) is 0 Å². The van der Waals surface area contributed by atoms with Gasteiger partial charge in [0.15, 0.2) is 0 Å². The zero-order valence-electron chi connectivity index (χ0n) is 7.53. The van der Waals surface area contributed by atoms with Crippen molar-refractivity contribution in [1.29, 1.82) is 0 Å². The molecule has 0 aromatic carbocycles. The van der Waals surface area contributed by atoms with Crippen LogP contribution in [-0.4, -0.2) is 27.7 Å². The maximum Gasteiger partial charge on any atom is 0.319 e.